The number of hydrogen-bond acceptors (Lipinski definition) is 6. The van der Waals surface area contributed by atoms with E-state index in [0.717, 1.165) is 23.6 Å². The number of fused-ring (bicyclic) bond motifs is 1. The fourth-order valence-corrected chi connectivity index (χ4v) is 4.63. The van der Waals surface area contributed by atoms with Crippen molar-refractivity contribution in [3.05, 3.63) is 47.8 Å². The standard InChI is InChI=1S/C27H40N6O3Si/c1-7-19(2)16-32(17-21-11-9-8-10-20(21)3)27(35)26(34)31-23-15-29-25(28)22-14-30-33(24(22)23)18-36-12-13-37(4,5)6/h8-11,14-15,19H,7,12-13,16-18H2,1-6H3,(H2,28,29)(H,31,34). The first-order chi connectivity index (χ1) is 17.5. The Morgan fingerprint density at radius 2 is 1.95 bits per heavy atom. The van der Waals surface area contributed by atoms with E-state index in [-0.39, 0.29) is 12.6 Å². The molecule has 37 heavy (non-hydrogen) atoms. The first-order valence-electron chi connectivity index (χ1n) is 12.8. The predicted molar refractivity (Wildman–Crippen MR) is 151 cm³/mol. The highest BCUT2D eigenvalue weighted by molar-refractivity contribution is 6.76. The van der Waals surface area contributed by atoms with Crippen LogP contribution in [0.2, 0.25) is 25.7 Å². The van der Waals surface area contributed by atoms with E-state index in [1.807, 2.05) is 31.2 Å². The third kappa shape index (κ3) is 7.62. The second-order valence-electron chi connectivity index (χ2n) is 10.9. The molecule has 10 heteroatoms. The van der Waals surface area contributed by atoms with Gasteiger partial charge in [-0.3, -0.25) is 9.59 Å². The van der Waals surface area contributed by atoms with Gasteiger partial charge in [0, 0.05) is 27.8 Å². The van der Waals surface area contributed by atoms with Gasteiger partial charge in [0.15, 0.2) is 0 Å². The van der Waals surface area contributed by atoms with Crippen LogP contribution in [0.1, 0.15) is 31.4 Å². The number of ether oxygens (including phenoxy) is 1. The van der Waals surface area contributed by atoms with Crippen LogP contribution in [-0.4, -0.2) is 52.7 Å². The summed E-state index contributed by atoms with van der Waals surface area (Å²) in [6.45, 7) is 14.7. The quantitative estimate of drug-likeness (QED) is 0.214. The Hall–Kier alpha value is -3.24. The summed E-state index contributed by atoms with van der Waals surface area (Å²) < 4.78 is 7.51. The molecule has 0 spiro atoms. The number of anilines is 2. The van der Waals surface area contributed by atoms with Crippen molar-refractivity contribution in [1.82, 2.24) is 19.7 Å². The molecular weight excluding hydrogens is 484 g/mol. The van der Waals surface area contributed by atoms with E-state index in [0.29, 0.717) is 42.1 Å². The number of carbonyl (C=O) groups is 2. The third-order valence-corrected chi connectivity index (χ3v) is 8.20. The summed E-state index contributed by atoms with van der Waals surface area (Å²) in [6.07, 6.45) is 3.96. The highest BCUT2D eigenvalue weighted by Gasteiger charge is 2.25. The highest BCUT2D eigenvalue weighted by Crippen LogP contribution is 2.27. The molecule has 2 heterocycles. The van der Waals surface area contributed by atoms with Crippen molar-refractivity contribution in [2.75, 3.05) is 24.2 Å². The maximum absolute atomic E-state index is 13.4. The molecule has 0 radical (unpaired) electrons. The third-order valence-electron chi connectivity index (χ3n) is 6.49. The molecule has 200 valence electrons. The van der Waals surface area contributed by atoms with Crippen molar-refractivity contribution in [3.8, 4) is 0 Å². The summed E-state index contributed by atoms with van der Waals surface area (Å²) in [5.74, 6) is -0.769. The zero-order chi connectivity index (χ0) is 27.2. The van der Waals surface area contributed by atoms with E-state index in [9.17, 15) is 9.59 Å². The summed E-state index contributed by atoms with van der Waals surface area (Å²) in [5, 5.41) is 7.75. The molecule has 0 aliphatic carbocycles. The van der Waals surface area contributed by atoms with Gasteiger partial charge in [-0.25, -0.2) is 9.67 Å². The lowest BCUT2D eigenvalue weighted by Gasteiger charge is -2.26. The number of aryl methyl sites for hydroxylation is 1. The molecule has 2 amide bonds. The number of benzene rings is 1. The van der Waals surface area contributed by atoms with Crippen molar-refractivity contribution in [1.29, 1.82) is 0 Å². The number of nitrogen functional groups attached to an aromatic ring is 1. The minimum atomic E-state index is -1.23. The molecular formula is C27H40N6O3Si. The van der Waals surface area contributed by atoms with Gasteiger partial charge in [-0.2, -0.15) is 5.10 Å². The van der Waals surface area contributed by atoms with Crippen LogP contribution in [-0.2, 0) is 27.6 Å². The van der Waals surface area contributed by atoms with Gasteiger partial charge in [-0.15, -0.1) is 0 Å². The van der Waals surface area contributed by atoms with Crippen molar-refractivity contribution in [3.63, 3.8) is 0 Å². The van der Waals surface area contributed by atoms with Crippen LogP contribution < -0.4 is 11.1 Å². The topological polar surface area (TPSA) is 115 Å². The number of pyridine rings is 1. The van der Waals surface area contributed by atoms with Crippen LogP contribution >= 0.6 is 0 Å². The summed E-state index contributed by atoms with van der Waals surface area (Å²) in [4.78, 5) is 32.4. The minimum Gasteiger partial charge on any atom is -0.383 e. The Morgan fingerprint density at radius 1 is 1.22 bits per heavy atom. The van der Waals surface area contributed by atoms with Gasteiger partial charge in [0.05, 0.1) is 29.0 Å². The molecule has 1 unspecified atom stereocenters. The largest absolute Gasteiger partial charge is 0.383 e. The monoisotopic (exact) mass is 524 g/mol. The van der Waals surface area contributed by atoms with E-state index in [2.05, 4.69) is 48.9 Å². The van der Waals surface area contributed by atoms with Crippen LogP contribution in [0.15, 0.2) is 36.7 Å². The van der Waals surface area contributed by atoms with E-state index < -0.39 is 19.9 Å². The van der Waals surface area contributed by atoms with Gasteiger partial charge < -0.3 is 20.7 Å². The number of carbonyl (C=O) groups excluding carboxylic acids is 2. The SMILES string of the molecule is CCC(C)CN(Cc1ccccc1C)C(=O)C(=O)Nc1cnc(N)c2cnn(COCC[Si](C)(C)C)c12. The normalized spacial score (nSPS) is 12.5. The lowest BCUT2D eigenvalue weighted by molar-refractivity contribution is -0.144. The van der Waals surface area contributed by atoms with Gasteiger partial charge >= 0.3 is 11.8 Å². The molecule has 0 saturated carbocycles. The molecule has 3 N–H and O–H groups in total. The lowest BCUT2D eigenvalue weighted by Crippen LogP contribution is -2.41. The predicted octanol–water partition coefficient (Wildman–Crippen LogP) is 4.65. The Bertz CT molecular complexity index is 1240. The van der Waals surface area contributed by atoms with E-state index in [1.165, 1.54) is 6.20 Å². The van der Waals surface area contributed by atoms with Crippen LogP contribution in [0.25, 0.3) is 10.9 Å². The van der Waals surface area contributed by atoms with Gasteiger partial charge in [-0.1, -0.05) is 64.2 Å². The average molecular weight is 525 g/mol. The second kappa shape index (κ2) is 12.3. The molecule has 1 atom stereocenters. The van der Waals surface area contributed by atoms with Gasteiger partial charge in [0.25, 0.3) is 0 Å². The fraction of sp³-hybridized carbons (Fsp3) is 0.481. The maximum atomic E-state index is 13.4. The molecule has 0 aliphatic rings. The summed E-state index contributed by atoms with van der Waals surface area (Å²) in [5.41, 5.74) is 9.11. The Morgan fingerprint density at radius 3 is 2.62 bits per heavy atom. The number of aromatic nitrogens is 3. The zero-order valence-corrected chi connectivity index (χ0v) is 23.9. The Kier molecular flexibility index (Phi) is 9.44. The molecule has 3 aromatic rings. The average Bonchev–Trinajstić information content (AvgIpc) is 3.28. The minimum absolute atomic E-state index is 0.210. The molecule has 1 aromatic carbocycles. The van der Waals surface area contributed by atoms with Crippen LogP contribution in [0, 0.1) is 12.8 Å². The number of hydrogen-bond donors (Lipinski definition) is 2. The summed E-state index contributed by atoms with van der Waals surface area (Å²) in [7, 11) is -1.23. The number of rotatable bonds is 11. The molecule has 3 rings (SSSR count). The van der Waals surface area contributed by atoms with Crippen molar-refractivity contribution >= 4 is 42.3 Å². The first kappa shape index (κ1) is 28.3. The molecule has 2 aromatic heterocycles. The number of nitrogens with one attached hydrogen (secondary N) is 1. The van der Waals surface area contributed by atoms with Gasteiger partial charge in [-0.05, 0) is 30.0 Å². The van der Waals surface area contributed by atoms with Crippen LogP contribution in [0.4, 0.5) is 11.5 Å². The molecule has 0 aliphatic heterocycles. The van der Waals surface area contributed by atoms with E-state index >= 15 is 0 Å². The highest BCUT2D eigenvalue weighted by atomic mass is 28.3. The van der Waals surface area contributed by atoms with Crippen molar-refractivity contribution in [2.24, 2.45) is 5.92 Å². The molecule has 9 nitrogen and oxygen atoms in total. The van der Waals surface area contributed by atoms with Crippen molar-refractivity contribution < 1.29 is 14.3 Å². The first-order valence-corrected chi connectivity index (χ1v) is 16.5. The molecule has 0 fully saturated rings. The molecule has 0 saturated heterocycles. The Balaban J connectivity index is 1.81. The number of nitrogens with zero attached hydrogens (tertiary/aromatic N) is 4. The molecule has 0 bridgehead atoms. The van der Waals surface area contributed by atoms with Gasteiger partial charge in [0.2, 0.25) is 0 Å². The number of nitrogens with two attached hydrogens (primary N) is 1. The zero-order valence-electron chi connectivity index (χ0n) is 22.9. The van der Waals surface area contributed by atoms with Crippen LogP contribution in [0.5, 0.6) is 0 Å². The number of amides is 2. The fourth-order valence-electron chi connectivity index (χ4n) is 3.88. The van der Waals surface area contributed by atoms with Gasteiger partial charge in [0.1, 0.15) is 12.5 Å². The van der Waals surface area contributed by atoms with E-state index in [1.54, 1.807) is 15.8 Å². The maximum Gasteiger partial charge on any atom is 0.314 e. The Labute approximate surface area is 220 Å². The smallest absolute Gasteiger partial charge is 0.314 e. The van der Waals surface area contributed by atoms with Crippen molar-refractivity contribution in [2.45, 2.75) is 66.2 Å². The lowest BCUT2D eigenvalue weighted by atomic mass is 10.1. The van der Waals surface area contributed by atoms with E-state index in [4.69, 9.17) is 10.5 Å². The summed E-state index contributed by atoms with van der Waals surface area (Å²) in [6, 6.07) is 8.92. The second-order valence-corrected chi connectivity index (χ2v) is 16.5. The van der Waals surface area contributed by atoms with Crippen LogP contribution in [0.3, 0.4) is 0 Å². The summed E-state index contributed by atoms with van der Waals surface area (Å²) >= 11 is 0.